The van der Waals surface area contributed by atoms with Gasteiger partial charge in [0.25, 0.3) is 0 Å². The van der Waals surface area contributed by atoms with Crippen LogP contribution >= 0.6 is 0 Å². The largest absolute Gasteiger partial charge is 0.394 e. The second-order valence-corrected chi connectivity index (χ2v) is 34.5. The molecule has 812 valence electrons. The molecule has 8 fully saturated rings. The van der Waals surface area contributed by atoms with Gasteiger partial charge in [-0.1, -0.05) is 0 Å². The molecule has 8 rings (SSSR count). The van der Waals surface area contributed by atoms with Gasteiger partial charge in [-0.05, 0) is 66.2 Å². The molecular formula is C82H144N8O50. The maximum absolute atomic E-state index is 13.5. The molecule has 140 heavy (non-hydrogen) atoms. The third-order valence-corrected chi connectivity index (χ3v) is 24.0. The van der Waals surface area contributed by atoms with Crippen LogP contribution in [0.15, 0.2) is 0 Å². The number of unbranched alkanes of at least 4 members (excludes halogenated alkanes) is 2. The molecule has 0 spiro atoms. The van der Waals surface area contributed by atoms with Crippen molar-refractivity contribution in [3.05, 3.63) is 0 Å². The minimum Gasteiger partial charge on any atom is -0.394 e. The number of hydrogen-bond acceptors (Lipinski definition) is 50. The van der Waals surface area contributed by atoms with E-state index in [0.717, 1.165) is 0 Å². The number of carbonyl (C=O) groups excluding carboxylic acids is 8. The summed E-state index contributed by atoms with van der Waals surface area (Å²) >= 11 is 0. The van der Waals surface area contributed by atoms with E-state index in [2.05, 4.69) is 42.5 Å². The molecule has 8 heterocycles. The van der Waals surface area contributed by atoms with Crippen LogP contribution in [0.1, 0.15) is 105 Å². The number of nitrogens with one attached hydrogen (secondary N) is 8. The lowest BCUT2D eigenvalue weighted by molar-refractivity contribution is -0.366. The summed E-state index contributed by atoms with van der Waals surface area (Å²) < 4.78 is 88.4. The van der Waals surface area contributed by atoms with Crippen molar-refractivity contribution in [2.45, 2.75) is 362 Å². The fourth-order valence-electron chi connectivity index (χ4n) is 15.6. The van der Waals surface area contributed by atoms with Gasteiger partial charge in [0, 0.05) is 77.8 Å². The maximum Gasteiger partial charge on any atom is 0.242 e. The highest BCUT2D eigenvalue weighted by molar-refractivity contribution is 5.89. The van der Waals surface area contributed by atoms with Crippen molar-refractivity contribution in [2.75, 3.05) is 105 Å². The molecule has 0 aromatic carbocycles. The molecular weight excluding hydrogens is 1900 g/mol. The lowest BCUT2D eigenvalue weighted by atomic mass is 9.96. The predicted octanol–water partition coefficient (Wildman–Crippen LogP) is -19.0. The van der Waals surface area contributed by atoms with E-state index in [-0.39, 0.29) is 103 Å². The summed E-state index contributed by atoms with van der Waals surface area (Å²) in [4.78, 5) is 102. The van der Waals surface area contributed by atoms with E-state index in [1.165, 1.54) is 13.8 Å². The molecule has 42 atom stereocenters. The van der Waals surface area contributed by atoms with Gasteiger partial charge in [-0.15, -0.1) is 0 Å². The van der Waals surface area contributed by atoms with Crippen molar-refractivity contribution in [2.24, 2.45) is 0 Å². The standard InChI is InChI=1S/2C41H72N4O25/c2*1-3-42-22(48)6-4-5-7-24(50)45-18(8-9-23(49)43-10-12-63-38-32(58)29(55)25(51)17(2)66-38)37(62)44-11-13-64-40-35(61)36(70-41-34(60)31(57)27(53)20(15-47)68-41)28(54)21(69-40)16-65-39-33(59)30(56)26(52)19(14-46)67-39/h2*17-21,25-36,38-41,46-47,51-61H,3-16H2,1-2H3,(H,42,48)(H,43,49)(H,44,62)(H,45,50)/t2*17-,18-,19+,20+,21+,25+,26+,27+,28+,29+,30-,31-,32-,33-,34-,35-,36-,38+,39-,40-,41+/m00/s1. The predicted molar refractivity (Wildman–Crippen MR) is 455 cm³/mol. The highest BCUT2D eigenvalue weighted by Gasteiger charge is 2.56. The van der Waals surface area contributed by atoms with Crippen LogP contribution < -0.4 is 42.5 Å². The third-order valence-electron chi connectivity index (χ3n) is 24.0. The first kappa shape index (κ1) is 121. The number of hydrogen-bond donors (Lipinski definition) is 34. The van der Waals surface area contributed by atoms with Crippen LogP contribution in [0.25, 0.3) is 0 Å². The zero-order valence-corrected chi connectivity index (χ0v) is 77.5. The highest BCUT2D eigenvalue weighted by atomic mass is 16.8. The zero-order valence-electron chi connectivity index (χ0n) is 77.5. The van der Waals surface area contributed by atoms with Crippen molar-refractivity contribution in [1.82, 2.24) is 42.5 Å². The van der Waals surface area contributed by atoms with Gasteiger partial charge in [0.1, 0.15) is 195 Å². The second kappa shape index (κ2) is 60.4. The minimum absolute atomic E-state index is 0.0638. The van der Waals surface area contributed by atoms with Crippen molar-refractivity contribution >= 4 is 47.3 Å². The number of aliphatic hydroxyl groups is 26. The summed E-state index contributed by atoms with van der Waals surface area (Å²) in [7, 11) is 0. The Morgan fingerprint density at radius 3 is 0.793 bits per heavy atom. The molecule has 8 aliphatic heterocycles. The summed E-state index contributed by atoms with van der Waals surface area (Å²) in [6.07, 6.45) is -65.5. The van der Waals surface area contributed by atoms with Crippen LogP contribution in [0.3, 0.4) is 0 Å². The summed E-state index contributed by atoms with van der Waals surface area (Å²) in [5, 5.41) is 289. The summed E-state index contributed by atoms with van der Waals surface area (Å²) in [6.45, 7) is 0.549. The smallest absolute Gasteiger partial charge is 0.242 e. The highest BCUT2D eigenvalue weighted by Crippen LogP contribution is 2.35. The quantitative estimate of drug-likeness (QED) is 0.0252. The van der Waals surface area contributed by atoms with Gasteiger partial charge in [-0.3, -0.25) is 38.4 Å². The fourth-order valence-corrected chi connectivity index (χ4v) is 15.6. The Bertz CT molecular complexity index is 3440. The Kier molecular flexibility index (Phi) is 52.2. The SMILES string of the molecule is CCNC(=O)CCCCC(=O)N[C@@H](CCC(=O)NCCO[C@@H]1O[C@@H](C)[C@@H](O)[C@@H](O)[C@@H]1O)C(=O)NCCO[C@H]1O[C@H](CO[C@H]2O[C@H](CO)[C@@H](O)[C@H](O)[C@@H]2O)[C@@H](O)[C@H](O[C@H]2O[C@H](CO)[C@@H](O)[C@H](O)[C@@H]2O)[C@@H]1O.CCNC(=O)CCCCC(=O)N[C@@H](CCC(=O)NCCO[C@@H]1O[C@@H](C)[C@@H](O)[C@@H](O)[C@@H]1O)C(=O)NCCO[C@H]1O[C@H](CO[C@H]2O[C@H](CO)[C@@H](O)[C@H](O)[C@@H]2O)[C@@H](O)[C@H](O[C@H]2O[C@H](CO)[C@@H](O)[C@H](O)[C@@H]2O)[C@@H]1O. The first-order valence-electron chi connectivity index (χ1n) is 46.3. The number of rotatable bonds is 52. The summed E-state index contributed by atoms with van der Waals surface area (Å²) in [5.41, 5.74) is 0. The van der Waals surface area contributed by atoms with Crippen LogP contribution in [0, 0.1) is 0 Å². The van der Waals surface area contributed by atoms with Gasteiger partial charge >= 0.3 is 0 Å². The van der Waals surface area contributed by atoms with Crippen LogP contribution in [0.2, 0.25) is 0 Å². The van der Waals surface area contributed by atoms with Gasteiger partial charge in [-0.25, -0.2) is 0 Å². The average molecular weight is 2040 g/mol. The normalized spacial score (nSPS) is 38.3. The molecule has 0 bridgehead atoms. The van der Waals surface area contributed by atoms with E-state index in [1.54, 1.807) is 13.8 Å². The maximum atomic E-state index is 13.5. The topological polar surface area (TPSA) is 906 Å². The van der Waals surface area contributed by atoms with E-state index in [0.29, 0.717) is 38.8 Å². The van der Waals surface area contributed by atoms with E-state index in [1.807, 2.05) is 0 Å². The Hall–Kier alpha value is -5.92. The molecule has 0 aliphatic carbocycles. The summed E-state index contributed by atoms with van der Waals surface area (Å²) in [6, 6.07) is -2.57. The first-order valence-corrected chi connectivity index (χ1v) is 46.3. The van der Waals surface area contributed by atoms with E-state index in [4.69, 9.17) is 75.8 Å². The zero-order chi connectivity index (χ0) is 104. The van der Waals surface area contributed by atoms with Crippen LogP contribution in [0.5, 0.6) is 0 Å². The fraction of sp³-hybridized carbons (Fsp3) is 0.902. The van der Waals surface area contributed by atoms with E-state index < -0.39 is 346 Å². The average Bonchev–Trinajstić information content (AvgIpc) is 0.782. The first-order chi connectivity index (χ1) is 66.5. The molecule has 0 unspecified atom stereocenters. The molecule has 34 N–H and O–H groups in total. The van der Waals surface area contributed by atoms with E-state index in [9.17, 15) is 171 Å². The lowest BCUT2D eigenvalue weighted by Crippen LogP contribution is -2.65. The molecule has 0 aromatic heterocycles. The third kappa shape index (κ3) is 35.2. The van der Waals surface area contributed by atoms with Gasteiger partial charge < -0.3 is 251 Å². The van der Waals surface area contributed by atoms with Crippen molar-refractivity contribution in [3.8, 4) is 0 Å². The Balaban J connectivity index is 0.000000381. The molecule has 0 aromatic rings. The van der Waals surface area contributed by atoms with Crippen molar-refractivity contribution < 1.29 is 247 Å². The van der Waals surface area contributed by atoms with Gasteiger partial charge in [0.15, 0.2) is 50.3 Å². The Morgan fingerprint density at radius 2 is 0.500 bits per heavy atom. The molecule has 8 amide bonds. The second-order valence-electron chi connectivity index (χ2n) is 34.5. The van der Waals surface area contributed by atoms with Crippen LogP contribution in [-0.4, -0.2) is 543 Å². The molecule has 8 saturated heterocycles. The molecule has 58 heteroatoms. The van der Waals surface area contributed by atoms with Gasteiger partial charge in [-0.2, -0.15) is 0 Å². The van der Waals surface area contributed by atoms with Crippen LogP contribution in [0.4, 0.5) is 0 Å². The van der Waals surface area contributed by atoms with Crippen LogP contribution in [-0.2, 0) is 114 Å². The lowest BCUT2D eigenvalue weighted by Gasteiger charge is -2.46. The van der Waals surface area contributed by atoms with E-state index >= 15 is 0 Å². The minimum atomic E-state index is -1.98. The van der Waals surface area contributed by atoms with Gasteiger partial charge in [0.2, 0.25) is 47.3 Å². The molecule has 58 nitrogen and oxygen atoms in total. The molecule has 8 aliphatic rings. The summed E-state index contributed by atoms with van der Waals surface area (Å²) in [5.74, 6) is -4.18. The Labute approximate surface area is 801 Å². The molecule has 0 saturated carbocycles. The number of aliphatic hydroxyl groups excluding tert-OH is 26. The van der Waals surface area contributed by atoms with Crippen molar-refractivity contribution in [3.63, 3.8) is 0 Å². The van der Waals surface area contributed by atoms with Gasteiger partial charge in [0.05, 0.1) is 78.3 Å². The Morgan fingerprint density at radius 1 is 0.257 bits per heavy atom. The van der Waals surface area contributed by atoms with Crippen molar-refractivity contribution in [1.29, 1.82) is 0 Å². The number of ether oxygens (including phenoxy) is 16. The molecule has 0 radical (unpaired) electrons. The number of amides is 8. The number of carbonyl (C=O) groups is 8. The monoisotopic (exact) mass is 2040 g/mol.